The van der Waals surface area contributed by atoms with E-state index in [0.29, 0.717) is 17.9 Å². The number of benzene rings is 1. The van der Waals surface area contributed by atoms with Crippen LogP contribution in [0.1, 0.15) is 11.6 Å². The maximum Gasteiger partial charge on any atom is 0.315 e. The number of aromatic hydroxyl groups is 1. The van der Waals surface area contributed by atoms with Crippen LogP contribution in [0.2, 0.25) is 0 Å². The molecular formula is C10H12N2O3. The molecule has 5 heteroatoms. The van der Waals surface area contributed by atoms with Crippen LogP contribution < -0.4 is 15.4 Å². The summed E-state index contributed by atoms with van der Waals surface area (Å²) in [6.07, 6.45) is 0. The lowest BCUT2D eigenvalue weighted by Crippen LogP contribution is -2.21. The van der Waals surface area contributed by atoms with Crippen LogP contribution in [0.4, 0.5) is 4.79 Å². The minimum Gasteiger partial charge on any atom is -0.504 e. The molecule has 0 unspecified atom stereocenters. The standard InChI is InChI=1S/C10H12N2O3/c1-15-8-4-2-3-6(9(8)13)7-5-11-10(14)12-7/h2-4,7,13H,5H2,1H3,(H2,11,12,14)/t7-/m0/s1. The average molecular weight is 208 g/mol. The molecule has 0 aromatic heterocycles. The predicted octanol–water partition coefficient (Wildman–Crippen LogP) is 0.755. The van der Waals surface area contributed by atoms with Crippen molar-refractivity contribution in [1.82, 2.24) is 10.6 Å². The highest BCUT2D eigenvalue weighted by atomic mass is 16.5. The third kappa shape index (κ3) is 1.68. The molecule has 1 aromatic carbocycles. The van der Waals surface area contributed by atoms with Crippen molar-refractivity contribution in [2.45, 2.75) is 6.04 Å². The lowest BCUT2D eigenvalue weighted by molar-refractivity contribution is 0.247. The molecule has 1 aromatic rings. The molecule has 80 valence electrons. The minimum absolute atomic E-state index is 0.0778. The number of methoxy groups -OCH3 is 1. The minimum atomic E-state index is -0.220. The van der Waals surface area contributed by atoms with Gasteiger partial charge in [-0.25, -0.2) is 4.79 Å². The van der Waals surface area contributed by atoms with Gasteiger partial charge in [-0.05, 0) is 6.07 Å². The van der Waals surface area contributed by atoms with E-state index in [0.717, 1.165) is 0 Å². The summed E-state index contributed by atoms with van der Waals surface area (Å²) in [7, 11) is 1.49. The first-order valence-corrected chi connectivity index (χ1v) is 4.62. The molecular weight excluding hydrogens is 196 g/mol. The Morgan fingerprint density at radius 2 is 2.33 bits per heavy atom. The molecule has 0 saturated carbocycles. The number of nitrogens with one attached hydrogen (secondary N) is 2. The maximum atomic E-state index is 11.0. The van der Waals surface area contributed by atoms with Crippen LogP contribution >= 0.6 is 0 Å². The molecule has 5 nitrogen and oxygen atoms in total. The van der Waals surface area contributed by atoms with Gasteiger partial charge < -0.3 is 20.5 Å². The van der Waals surface area contributed by atoms with Gasteiger partial charge in [-0.15, -0.1) is 0 Å². The Labute approximate surface area is 87.1 Å². The van der Waals surface area contributed by atoms with Crippen molar-refractivity contribution in [2.75, 3.05) is 13.7 Å². The van der Waals surface area contributed by atoms with Crippen LogP contribution in [0.3, 0.4) is 0 Å². The first-order chi connectivity index (χ1) is 7.22. The lowest BCUT2D eigenvalue weighted by Gasteiger charge is -2.13. The Morgan fingerprint density at radius 3 is 2.93 bits per heavy atom. The summed E-state index contributed by atoms with van der Waals surface area (Å²) < 4.78 is 4.99. The van der Waals surface area contributed by atoms with Crippen molar-refractivity contribution in [1.29, 1.82) is 0 Å². The topological polar surface area (TPSA) is 70.6 Å². The van der Waals surface area contributed by atoms with Gasteiger partial charge in [-0.2, -0.15) is 0 Å². The fourth-order valence-electron chi connectivity index (χ4n) is 1.63. The zero-order valence-corrected chi connectivity index (χ0v) is 8.28. The summed E-state index contributed by atoms with van der Waals surface area (Å²) in [5.41, 5.74) is 0.660. The number of rotatable bonds is 2. The van der Waals surface area contributed by atoms with Crippen molar-refractivity contribution in [2.24, 2.45) is 0 Å². The number of urea groups is 1. The van der Waals surface area contributed by atoms with E-state index in [-0.39, 0.29) is 17.8 Å². The Balaban J connectivity index is 2.32. The fraction of sp³-hybridized carbons (Fsp3) is 0.300. The molecule has 2 rings (SSSR count). The summed E-state index contributed by atoms with van der Waals surface area (Å²) in [5.74, 6) is 0.489. The van der Waals surface area contributed by atoms with Crippen LogP contribution in [0.5, 0.6) is 11.5 Å². The highest BCUT2D eigenvalue weighted by molar-refractivity contribution is 5.77. The Bertz CT molecular complexity index is 392. The average Bonchev–Trinajstić information content (AvgIpc) is 2.65. The van der Waals surface area contributed by atoms with Gasteiger partial charge in [0.2, 0.25) is 0 Å². The smallest absolute Gasteiger partial charge is 0.315 e. The SMILES string of the molecule is COc1cccc([C@@H]2CNC(=O)N2)c1O. The fourth-order valence-corrected chi connectivity index (χ4v) is 1.63. The molecule has 0 aliphatic carbocycles. The Kier molecular flexibility index (Phi) is 2.37. The lowest BCUT2D eigenvalue weighted by atomic mass is 10.1. The second kappa shape index (κ2) is 3.68. The second-order valence-corrected chi connectivity index (χ2v) is 3.31. The van der Waals surface area contributed by atoms with E-state index < -0.39 is 0 Å². The monoisotopic (exact) mass is 208 g/mol. The molecule has 1 saturated heterocycles. The molecule has 0 spiro atoms. The first kappa shape index (κ1) is 9.64. The van der Waals surface area contributed by atoms with Gasteiger partial charge in [0.05, 0.1) is 13.2 Å². The Hall–Kier alpha value is -1.91. The third-order valence-electron chi connectivity index (χ3n) is 2.40. The summed E-state index contributed by atoms with van der Waals surface area (Å²) >= 11 is 0. The summed E-state index contributed by atoms with van der Waals surface area (Å²) in [6.45, 7) is 0.472. The number of phenols is 1. The van der Waals surface area contributed by atoms with Crippen LogP contribution in [0.15, 0.2) is 18.2 Å². The number of para-hydroxylation sites is 1. The largest absolute Gasteiger partial charge is 0.504 e. The molecule has 1 heterocycles. The quantitative estimate of drug-likeness (QED) is 0.671. The van der Waals surface area contributed by atoms with Gasteiger partial charge in [0.1, 0.15) is 0 Å². The van der Waals surface area contributed by atoms with Crippen LogP contribution in [-0.2, 0) is 0 Å². The Morgan fingerprint density at radius 1 is 1.53 bits per heavy atom. The van der Waals surface area contributed by atoms with Gasteiger partial charge in [0, 0.05) is 12.1 Å². The van der Waals surface area contributed by atoms with Gasteiger partial charge in [-0.3, -0.25) is 0 Å². The van der Waals surface area contributed by atoms with Crippen LogP contribution in [0.25, 0.3) is 0 Å². The van der Waals surface area contributed by atoms with Gasteiger partial charge in [0.25, 0.3) is 0 Å². The highest BCUT2D eigenvalue weighted by Crippen LogP contribution is 2.33. The van der Waals surface area contributed by atoms with Gasteiger partial charge in [0.15, 0.2) is 11.5 Å². The number of phenolic OH excluding ortho intramolecular Hbond substituents is 1. The third-order valence-corrected chi connectivity index (χ3v) is 2.40. The van der Waals surface area contributed by atoms with E-state index >= 15 is 0 Å². The molecule has 1 aliphatic rings. The number of carbonyl (C=O) groups excluding carboxylic acids is 1. The molecule has 0 radical (unpaired) electrons. The molecule has 1 fully saturated rings. The van der Waals surface area contributed by atoms with E-state index in [1.54, 1.807) is 18.2 Å². The summed E-state index contributed by atoms with van der Waals surface area (Å²) in [6, 6.07) is 4.78. The zero-order chi connectivity index (χ0) is 10.8. The number of hydrogen-bond acceptors (Lipinski definition) is 3. The predicted molar refractivity (Wildman–Crippen MR) is 53.9 cm³/mol. The van der Waals surface area contributed by atoms with Gasteiger partial charge in [-0.1, -0.05) is 12.1 Å². The molecule has 0 bridgehead atoms. The van der Waals surface area contributed by atoms with Crippen LogP contribution in [-0.4, -0.2) is 24.8 Å². The number of hydrogen-bond donors (Lipinski definition) is 3. The zero-order valence-electron chi connectivity index (χ0n) is 8.28. The first-order valence-electron chi connectivity index (χ1n) is 4.62. The van der Waals surface area contributed by atoms with E-state index in [2.05, 4.69) is 10.6 Å². The molecule has 2 amide bonds. The number of amides is 2. The van der Waals surface area contributed by atoms with Crippen molar-refractivity contribution in [3.05, 3.63) is 23.8 Å². The highest BCUT2D eigenvalue weighted by Gasteiger charge is 2.24. The van der Waals surface area contributed by atoms with E-state index in [9.17, 15) is 9.90 Å². The van der Waals surface area contributed by atoms with Crippen molar-refractivity contribution in [3.63, 3.8) is 0 Å². The van der Waals surface area contributed by atoms with E-state index in [1.807, 2.05) is 0 Å². The number of ether oxygens (including phenoxy) is 1. The van der Waals surface area contributed by atoms with E-state index in [1.165, 1.54) is 7.11 Å². The van der Waals surface area contributed by atoms with E-state index in [4.69, 9.17) is 4.74 Å². The molecule has 15 heavy (non-hydrogen) atoms. The molecule has 3 N–H and O–H groups in total. The molecule has 1 atom stereocenters. The summed E-state index contributed by atoms with van der Waals surface area (Å²) in [4.78, 5) is 11.0. The number of carbonyl (C=O) groups is 1. The van der Waals surface area contributed by atoms with Crippen molar-refractivity contribution < 1.29 is 14.6 Å². The normalized spacial score (nSPS) is 19.5. The molecule has 1 aliphatic heterocycles. The second-order valence-electron chi connectivity index (χ2n) is 3.31. The maximum absolute atomic E-state index is 11.0. The van der Waals surface area contributed by atoms with Crippen molar-refractivity contribution in [3.8, 4) is 11.5 Å². The van der Waals surface area contributed by atoms with Crippen molar-refractivity contribution >= 4 is 6.03 Å². The summed E-state index contributed by atoms with van der Waals surface area (Å²) in [5, 5.41) is 15.2. The van der Waals surface area contributed by atoms with Gasteiger partial charge >= 0.3 is 6.03 Å². The van der Waals surface area contributed by atoms with Crippen LogP contribution in [0, 0.1) is 0 Å².